The van der Waals surface area contributed by atoms with Crippen LogP contribution in [0.2, 0.25) is 0 Å². The lowest BCUT2D eigenvalue weighted by Crippen LogP contribution is -2.47. The maximum absolute atomic E-state index is 12.1. The SMILES string of the molecule is CCOC(=O)N1CC[C@H](CN2CCC3(CC2)CN(C(C)=O)c2ccccc23)C1. The van der Waals surface area contributed by atoms with Gasteiger partial charge in [0, 0.05) is 44.2 Å². The van der Waals surface area contributed by atoms with Gasteiger partial charge in [-0.2, -0.15) is 0 Å². The molecule has 0 aromatic heterocycles. The number of likely N-dealkylation sites (tertiary alicyclic amines) is 2. The molecule has 6 heteroatoms. The number of benzene rings is 1. The van der Waals surface area contributed by atoms with Gasteiger partial charge in [0.1, 0.15) is 0 Å². The van der Waals surface area contributed by atoms with Crippen molar-refractivity contribution in [1.82, 2.24) is 9.80 Å². The van der Waals surface area contributed by atoms with Crippen molar-refractivity contribution in [3.8, 4) is 0 Å². The average molecular weight is 386 g/mol. The first kappa shape index (κ1) is 19.2. The monoisotopic (exact) mass is 385 g/mol. The van der Waals surface area contributed by atoms with Crippen LogP contribution < -0.4 is 4.90 Å². The summed E-state index contributed by atoms with van der Waals surface area (Å²) in [5.74, 6) is 0.666. The van der Waals surface area contributed by atoms with E-state index in [0.29, 0.717) is 12.5 Å². The first-order valence-electron chi connectivity index (χ1n) is 10.5. The number of piperidine rings is 1. The molecule has 0 radical (unpaired) electrons. The molecule has 1 aromatic rings. The quantitative estimate of drug-likeness (QED) is 0.803. The Morgan fingerprint density at radius 1 is 1.18 bits per heavy atom. The second kappa shape index (κ2) is 7.74. The number of carbonyl (C=O) groups excluding carboxylic acids is 2. The van der Waals surface area contributed by atoms with E-state index in [0.717, 1.165) is 64.2 Å². The largest absolute Gasteiger partial charge is 0.450 e. The van der Waals surface area contributed by atoms with Gasteiger partial charge in [0.25, 0.3) is 0 Å². The van der Waals surface area contributed by atoms with Gasteiger partial charge in [0.2, 0.25) is 5.91 Å². The van der Waals surface area contributed by atoms with Crippen molar-refractivity contribution in [3.05, 3.63) is 29.8 Å². The van der Waals surface area contributed by atoms with Crippen LogP contribution >= 0.6 is 0 Å². The van der Waals surface area contributed by atoms with Crippen LogP contribution in [-0.4, -0.2) is 67.7 Å². The molecule has 1 spiro atoms. The molecule has 1 atom stereocenters. The number of rotatable bonds is 3. The number of ether oxygens (including phenoxy) is 1. The molecule has 2 saturated heterocycles. The summed E-state index contributed by atoms with van der Waals surface area (Å²) in [6.07, 6.45) is 3.06. The van der Waals surface area contributed by atoms with Crippen molar-refractivity contribution in [2.24, 2.45) is 5.92 Å². The van der Waals surface area contributed by atoms with Gasteiger partial charge >= 0.3 is 6.09 Å². The van der Waals surface area contributed by atoms with E-state index >= 15 is 0 Å². The second-order valence-corrected chi connectivity index (χ2v) is 8.50. The normalized spacial score (nSPS) is 23.9. The number of hydrogen-bond donors (Lipinski definition) is 0. The van der Waals surface area contributed by atoms with Gasteiger partial charge in [-0.15, -0.1) is 0 Å². The summed E-state index contributed by atoms with van der Waals surface area (Å²) in [5.41, 5.74) is 2.55. The topological polar surface area (TPSA) is 53.1 Å². The Bertz CT molecular complexity index is 742. The van der Waals surface area contributed by atoms with Crippen molar-refractivity contribution in [1.29, 1.82) is 0 Å². The molecular formula is C22H31N3O3. The number of hydrogen-bond acceptors (Lipinski definition) is 4. The summed E-state index contributed by atoms with van der Waals surface area (Å²) in [7, 11) is 0. The van der Waals surface area contributed by atoms with Crippen LogP contribution in [-0.2, 0) is 14.9 Å². The van der Waals surface area contributed by atoms with Crippen LogP contribution in [0.3, 0.4) is 0 Å². The zero-order valence-corrected chi connectivity index (χ0v) is 17.0. The lowest BCUT2D eigenvalue weighted by Gasteiger charge is -2.40. The third-order valence-electron chi connectivity index (χ3n) is 6.75. The molecule has 0 unspecified atom stereocenters. The van der Waals surface area contributed by atoms with E-state index < -0.39 is 0 Å². The third kappa shape index (κ3) is 3.50. The van der Waals surface area contributed by atoms with E-state index in [1.807, 2.05) is 22.8 Å². The van der Waals surface area contributed by atoms with E-state index in [1.54, 1.807) is 6.92 Å². The van der Waals surface area contributed by atoms with E-state index in [9.17, 15) is 9.59 Å². The van der Waals surface area contributed by atoms with Gasteiger partial charge in [-0.3, -0.25) is 4.79 Å². The van der Waals surface area contributed by atoms with Crippen LogP contribution in [0.25, 0.3) is 0 Å². The summed E-state index contributed by atoms with van der Waals surface area (Å²) >= 11 is 0. The standard InChI is InChI=1S/C22H31N3O3/c1-3-28-21(27)24-11-8-18(15-24)14-23-12-9-22(10-13-23)16-25(17(2)26)20-7-5-4-6-19(20)22/h4-7,18H,3,8-16H2,1-2H3/t18-/m1/s1. The zero-order valence-electron chi connectivity index (χ0n) is 17.0. The molecule has 2 fully saturated rings. The fourth-order valence-corrected chi connectivity index (χ4v) is 5.23. The molecule has 6 nitrogen and oxygen atoms in total. The Labute approximate surface area is 167 Å². The van der Waals surface area contributed by atoms with Gasteiger partial charge in [-0.05, 0) is 56.8 Å². The van der Waals surface area contributed by atoms with E-state index in [1.165, 1.54) is 5.56 Å². The van der Waals surface area contributed by atoms with Gasteiger partial charge in [-0.25, -0.2) is 4.79 Å². The summed E-state index contributed by atoms with van der Waals surface area (Å²) in [6, 6.07) is 8.42. The highest BCUT2D eigenvalue weighted by molar-refractivity contribution is 5.94. The Morgan fingerprint density at radius 3 is 2.64 bits per heavy atom. The van der Waals surface area contributed by atoms with Crippen LogP contribution in [0, 0.1) is 5.92 Å². The van der Waals surface area contributed by atoms with E-state index in [2.05, 4.69) is 23.1 Å². The summed E-state index contributed by atoms with van der Waals surface area (Å²) in [6.45, 7) is 9.53. The highest BCUT2D eigenvalue weighted by Gasteiger charge is 2.45. The van der Waals surface area contributed by atoms with Crippen LogP contribution in [0.1, 0.15) is 38.7 Å². The van der Waals surface area contributed by atoms with Crippen molar-refractivity contribution >= 4 is 17.7 Å². The predicted molar refractivity (Wildman–Crippen MR) is 109 cm³/mol. The minimum Gasteiger partial charge on any atom is -0.450 e. The molecule has 2 amide bonds. The third-order valence-corrected chi connectivity index (χ3v) is 6.75. The first-order valence-corrected chi connectivity index (χ1v) is 10.5. The lowest BCUT2D eigenvalue weighted by atomic mass is 9.74. The van der Waals surface area contributed by atoms with Crippen molar-refractivity contribution in [2.75, 3.05) is 50.8 Å². The highest BCUT2D eigenvalue weighted by atomic mass is 16.6. The zero-order chi connectivity index (χ0) is 19.7. The van der Waals surface area contributed by atoms with Crippen LogP contribution in [0.15, 0.2) is 24.3 Å². The average Bonchev–Trinajstić information content (AvgIpc) is 3.28. The summed E-state index contributed by atoms with van der Waals surface area (Å²) in [5, 5.41) is 0. The number of anilines is 1. The van der Waals surface area contributed by atoms with E-state index in [-0.39, 0.29) is 17.4 Å². The number of nitrogens with zero attached hydrogens (tertiary/aromatic N) is 3. The molecule has 1 aromatic carbocycles. The van der Waals surface area contributed by atoms with Gasteiger partial charge in [0.15, 0.2) is 0 Å². The molecular weight excluding hydrogens is 354 g/mol. The maximum atomic E-state index is 12.1. The van der Waals surface area contributed by atoms with Crippen molar-refractivity contribution < 1.29 is 14.3 Å². The Morgan fingerprint density at radius 2 is 1.93 bits per heavy atom. The molecule has 0 N–H and O–H groups in total. The van der Waals surface area contributed by atoms with Crippen molar-refractivity contribution in [3.63, 3.8) is 0 Å². The molecule has 152 valence electrons. The predicted octanol–water partition coefficient (Wildman–Crippen LogP) is 2.87. The maximum Gasteiger partial charge on any atom is 0.409 e. The minimum atomic E-state index is -0.172. The number of carbonyl (C=O) groups is 2. The molecule has 0 aliphatic carbocycles. The van der Waals surface area contributed by atoms with Crippen LogP contribution in [0.4, 0.5) is 10.5 Å². The second-order valence-electron chi connectivity index (χ2n) is 8.50. The highest BCUT2D eigenvalue weighted by Crippen LogP contribution is 2.47. The fraction of sp³-hybridized carbons (Fsp3) is 0.636. The molecule has 0 saturated carbocycles. The Hall–Kier alpha value is -2.08. The fourth-order valence-electron chi connectivity index (χ4n) is 5.23. The molecule has 3 aliphatic rings. The Balaban J connectivity index is 1.36. The molecule has 4 rings (SSSR count). The molecule has 3 aliphatic heterocycles. The number of para-hydroxylation sites is 1. The number of fused-ring (bicyclic) bond motifs is 2. The summed E-state index contributed by atoms with van der Waals surface area (Å²) < 4.78 is 5.13. The van der Waals surface area contributed by atoms with Gasteiger partial charge in [0.05, 0.1) is 6.61 Å². The lowest BCUT2D eigenvalue weighted by molar-refractivity contribution is -0.116. The van der Waals surface area contributed by atoms with Crippen molar-refractivity contribution in [2.45, 2.75) is 38.5 Å². The first-order chi connectivity index (χ1) is 13.5. The minimum absolute atomic E-state index is 0.103. The Kier molecular flexibility index (Phi) is 5.32. The van der Waals surface area contributed by atoms with Gasteiger partial charge < -0.3 is 19.4 Å². The van der Waals surface area contributed by atoms with Gasteiger partial charge in [-0.1, -0.05) is 18.2 Å². The smallest absolute Gasteiger partial charge is 0.409 e. The number of amides is 2. The molecule has 28 heavy (non-hydrogen) atoms. The molecule has 0 bridgehead atoms. The molecule has 3 heterocycles. The van der Waals surface area contributed by atoms with E-state index in [4.69, 9.17) is 4.74 Å². The van der Waals surface area contributed by atoms with Crippen LogP contribution in [0.5, 0.6) is 0 Å². The summed E-state index contributed by atoms with van der Waals surface area (Å²) in [4.78, 5) is 30.4.